The van der Waals surface area contributed by atoms with Crippen molar-refractivity contribution in [1.82, 2.24) is 19.4 Å². The van der Waals surface area contributed by atoms with Crippen LogP contribution in [0, 0.1) is 0 Å². The number of hydrogen-bond donors (Lipinski definition) is 1. The van der Waals surface area contributed by atoms with Gasteiger partial charge in [-0.1, -0.05) is 12.1 Å². The third-order valence-corrected chi connectivity index (χ3v) is 5.43. The highest BCUT2D eigenvalue weighted by atomic mass is 16.2. The molecule has 0 saturated heterocycles. The Morgan fingerprint density at radius 2 is 1.90 bits per heavy atom. The molecule has 0 atom stereocenters. The molecule has 1 N–H and O–H groups in total. The number of pyridine rings is 1. The SMILES string of the molecule is CCN(Cc1ccc(N(C)C)cc1)C(=O)c1cnc2c(c1)c(=O)[nH]c(=O)n2C1CC1. The standard InChI is InChI=1S/C22H25N5O3/c1-4-26(13-14-5-7-16(8-6-14)25(2)3)21(29)15-11-18-19(23-12-15)27(17-9-10-17)22(30)24-20(18)28/h5-8,11-12,17H,4,9-10,13H2,1-3H3,(H,24,28,30). The molecule has 30 heavy (non-hydrogen) atoms. The van der Waals surface area contributed by atoms with E-state index in [9.17, 15) is 14.4 Å². The normalized spacial score (nSPS) is 13.4. The lowest BCUT2D eigenvalue weighted by Gasteiger charge is -2.22. The van der Waals surface area contributed by atoms with Gasteiger partial charge in [0.2, 0.25) is 0 Å². The Morgan fingerprint density at radius 1 is 1.20 bits per heavy atom. The van der Waals surface area contributed by atoms with Crippen LogP contribution in [-0.4, -0.2) is 46.0 Å². The van der Waals surface area contributed by atoms with Gasteiger partial charge in [-0.3, -0.25) is 19.1 Å². The molecule has 1 aliphatic rings. The fourth-order valence-corrected chi connectivity index (χ4v) is 3.56. The van der Waals surface area contributed by atoms with Gasteiger partial charge in [0, 0.05) is 45.1 Å². The lowest BCUT2D eigenvalue weighted by atomic mass is 10.1. The van der Waals surface area contributed by atoms with E-state index in [0.29, 0.717) is 24.3 Å². The first-order chi connectivity index (χ1) is 14.4. The van der Waals surface area contributed by atoms with Crippen LogP contribution in [0.15, 0.2) is 46.1 Å². The minimum atomic E-state index is -0.517. The van der Waals surface area contributed by atoms with Gasteiger partial charge in [0.1, 0.15) is 5.65 Å². The summed E-state index contributed by atoms with van der Waals surface area (Å²) < 4.78 is 1.52. The number of nitrogens with one attached hydrogen (secondary N) is 1. The van der Waals surface area contributed by atoms with Crippen molar-refractivity contribution in [2.75, 3.05) is 25.5 Å². The minimum absolute atomic E-state index is 0.0724. The summed E-state index contributed by atoms with van der Waals surface area (Å²) in [6.07, 6.45) is 3.24. The van der Waals surface area contributed by atoms with Gasteiger partial charge < -0.3 is 9.80 Å². The van der Waals surface area contributed by atoms with Crippen LogP contribution in [0.25, 0.3) is 11.0 Å². The number of carbonyl (C=O) groups excluding carboxylic acids is 1. The Balaban J connectivity index is 1.64. The van der Waals surface area contributed by atoms with Gasteiger partial charge in [-0.15, -0.1) is 0 Å². The average molecular weight is 407 g/mol. The lowest BCUT2D eigenvalue weighted by Crippen LogP contribution is -2.32. The number of benzene rings is 1. The number of rotatable bonds is 6. The van der Waals surface area contributed by atoms with E-state index < -0.39 is 11.2 Å². The summed E-state index contributed by atoms with van der Waals surface area (Å²) in [5.74, 6) is -0.202. The average Bonchev–Trinajstić information content (AvgIpc) is 3.56. The molecule has 8 nitrogen and oxygen atoms in total. The van der Waals surface area contributed by atoms with Crippen LogP contribution < -0.4 is 16.1 Å². The number of fused-ring (bicyclic) bond motifs is 1. The summed E-state index contributed by atoms with van der Waals surface area (Å²) in [6, 6.07) is 9.65. The predicted octanol–water partition coefficient (Wildman–Crippen LogP) is 2.15. The first-order valence-corrected chi connectivity index (χ1v) is 10.1. The van der Waals surface area contributed by atoms with Gasteiger partial charge in [0.25, 0.3) is 11.5 Å². The largest absolute Gasteiger partial charge is 0.378 e. The molecule has 0 aliphatic heterocycles. The number of carbonyl (C=O) groups is 1. The van der Waals surface area contributed by atoms with Gasteiger partial charge in [-0.2, -0.15) is 0 Å². The van der Waals surface area contributed by atoms with Crippen molar-refractivity contribution in [2.45, 2.75) is 32.4 Å². The zero-order valence-electron chi connectivity index (χ0n) is 17.4. The van der Waals surface area contributed by atoms with Crippen LogP contribution in [-0.2, 0) is 6.54 Å². The number of aromatic nitrogens is 3. The molecule has 2 aromatic heterocycles. The van der Waals surface area contributed by atoms with Gasteiger partial charge in [-0.25, -0.2) is 9.78 Å². The maximum atomic E-state index is 13.1. The van der Waals surface area contributed by atoms with Crippen molar-refractivity contribution >= 4 is 22.6 Å². The fourth-order valence-electron chi connectivity index (χ4n) is 3.56. The van der Waals surface area contributed by atoms with Crippen molar-refractivity contribution in [2.24, 2.45) is 0 Å². The Morgan fingerprint density at radius 3 is 2.50 bits per heavy atom. The molecule has 3 aromatic rings. The Bertz CT molecular complexity index is 1210. The summed E-state index contributed by atoms with van der Waals surface area (Å²) >= 11 is 0. The molecule has 0 unspecified atom stereocenters. The number of hydrogen-bond acceptors (Lipinski definition) is 5. The van der Waals surface area contributed by atoms with E-state index in [1.807, 2.05) is 50.2 Å². The van der Waals surface area contributed by atoms with Crippen LogP contribution in [0.3, 0.4) is 0 Å². The molecule has 0 bridgehead atoms. The zero-order valence-corrected chi connectivity index (χ0v) is 17.4. The number of H-pyrrole nitrogens is 1. The van der Waals surface area contributed by atoms with Crippen molar-refractivity contribution in [3.8, 4) is 0 Å². The molecule has 1 aromatic carbocycles. The van der Waals surface area contributed by atoms with E-state index >= 15 is 0 Å². The minimum Gasteiger partial charge on any atom is -0.378 e. The number of aromatic amines is 1. The molecular formula is C22H25N5O3. The highest BCUT2D eigenvalue weighted by molar-refractivity contribution is 5.96. The van der Waals surface area contributed by atoms with Crippen LogP contribution in [0.5, 0.6) is 0 Å². The van der Waals surface area contributed by atoms with E-state index in [-0.39, 0.29) is 17.3 Å². The van der Waals surface area contributed by atoms with Crippen LogP contribution in [0.1, 0.15) is 41.7 Å². The Kier molecular flexibility index (Phi) is 5.15. The molecule has 0 spiro atoms. The summed E-state index contributed by atoms with van der Waals surface area (Å²) in [4.78, 5) is 48.0. The molecule has 2 heterocycles. The van der Waals surface area contributed by atoms with Crippen molar-refractivity contribution < 1.29 is 4.79 Å². The second-order valence-electron chi connectivity index (χ2n) is 7.84. The predicted molar refractivity (Wildman–Crippen MR) is 116 cm³/mol. The van der Waals surface area contributed by atoms with Gasteiger partial charge in [0.15, 0.2) is 0 Å². The first-order valence-electron chi connectivity index (χ1n) is 10.1. The van der Waals surface area contributed by atoms with Gasteiger partial charge >= 0.3 is 5.69 Å². The Hall–Kier alpha value is -3.42. The van der Waals surface area contributed by atoms with Gasteiger partial charge in [-0.05, 0) is 43.5 Å². The lowest BCUT2D eigenvalue weighted by molar-refractivity contribution is 0.0752. The molecule has 1 aliphatic carbocycles. The second-order valence-corrected chi connectivity index (χ2v) is 7.84. The third-order valence-electron chi connectivity index (χ3n) is 5.43. The topological polar surface area (TPSA) is 91.3 Å². The smallest absolute Gasteiger partial charge is 0.330 e. The second kappa shape index (κ2) is 7.78. The maximum absolute atomic E-state index is 13.1. The monoisotopic (exact) mass is 407 g/mol. The van der Waals surface area contributed by atoms with Crippen LogP contribution in [0.4, 0.5) is 5.69 Å². The number of nitrogens with zero attached hydrogens (tertiary/aromatic N) is 4. The summed E-state index contributed by atoms with van der Waals surface area (Å²) in [7, 11) is 3.96. The van der Waals surface area contributed by atoms with E-state index in [4.69, 9.17) is 0 Å². The summed E-state index contributed by atoms with van der Waals surface area (Å²) in [6.45, 7) is 2.89. The Labute approximate surface area is 173 Å². The quantitative estimate of drug-likeness (QED) is 0.676. The fraction of sp³-hybridized carbons (Fsp3) is 0.364. The highest BCUT2D eigenvalue weighted by Crippen LogP contribution is 2.34. The molecule has 8 heteroatoms. The highest BCUT2D eigenvalue weighted by Gasteiger charge is 2.28. The molecule has 1 fully saturated rings. The molecule has 156 valence electrons. The molecule has 1 amide bonds. The van der Waals surface area contributed by atoms with Crippen molar-refractivity contribution in [3.05, 3.63) is 68.5 Å². The summed E-state index contributed by atoms with van der Waals surface area (Å²) in [5.41, 5.74) is 1.82. The van der Waals surface area contributed by atoms with Crippen LogP contribution in [0.2, 0.25) is 0 Å². The maximum Gasteiger partial charge on any atom is 0.330 e. The zero-order chi connectivity index (χ0) is 21.4. The van der Waals surface area contributed by atoms with E-state index in [1.165, 1.54) is 10.8 Å². The van der Waals surface area contributed by atoms with Crippen molar-refractivity contribution in [1.29, 1.82) is 0 Å². The molecule has 0 radical (unpaired) electrons. The van der Waals surface area contributed by atoms with Crippen LogP contribution >= 0.6 is 0 Å². The third kappa shape index (κ3) is 3.72. The molecule has 4 rings (SSSR count). The van der Waals surface area contributed by atoms with Gasteiger partial charge in [0.05, 0.1) is 10.9 Å². The first kappa shape index (κ1) is 19.9. The van der Waals surface area contributed by atoms with E-state index in [2.05, 4.69) is 9.97 Å². The number of amides is 1. The van der Waals surface area contributed by atoms with Crippen molar-refractivity contribution in [3.63, 3.8) is 0 Å². The van der Waals surface area contributed by atoms with E-state index in [0.717, 1.165) is 24.1 Å². The molecular weight excluding hydrogens is 382 g/mol. The number of anilines is 1. The van der Waals surface area contributed by atoms with E-state index in [1.54, 1.807) is 11.0 Å². The molecule has 1 saturated carbocycles. The summed E-state index contributed by atoms with van der Waals surface area (Å²) in [5, 5.41) is 0.263.